The van der Waals surface area contributed by atoms with Gasteiger partial charge in [-0.25, -0.2) is 13.1 Å². The molecule has 3 aromatic rings. The number of ether oxygens (including phenoxy) is 1. The molecule has 2 aliphatic heterocycles. The van der Waals surface area contributed by atoms with Crippen LogP contribution in [0.5, 0.6) is 0 Å². The Labute approximate surface area is 240 Å². The average molecular weight is 583 g/mol. The van der Waals surface area contributed by atoms with Crippen molar-refractivity contribution in [2.45, 2.75) is 56.6 Å². The summed E-state index contributed by atoms with van der Waals surface area (Å²) < 4.78 is 40.2. The number of nitrogens with one attached hydrogen (secondary N) is 2. The summed E-state index contributed by atoms with van der Waals surface area (Å²) in [5, 5.41) is 13.3. The molecule has 10 nitrogen and oxygen atoms in total. The van der Waals surface area contributed by atoms with Crippen LogP contribution in [0.15, 0.2) is 52.0 Å². The first-order valence-corrected chi connectivity index (χ1v) is 15.9. The molecule has 2 atom stereocenters. The molecule has 1 spiro atoms. The van der Waals surface area contributed by atoms with Gasteiger partial charge in [0.1, 0.15) is 0 Å². The quantitative estimate of drug-likeness (QED) is 0.365. The number of piperidine rings is 1. The highest BCUT2D eigenvalue weighted by atomic mass is 32.2. The first-order chi connectivity index (χ1) is 19.7. The molecule has 3 fully saturated rings. The van der Waals surface area contributed by atoms with Crippen molar-refractivity contribution in [1.29, 1.82) is 0 Å². The summed E-state index contributed by atoms with van der Waals surface area (Å²) in [7, 11) is -3.88. The van der Waals surface area contributed by atoms with E-state index in [0.29, 0.717) is 35.5 Å². The Bertz CT molecular complexity index is 1540. The standard InChI is InChI=1S/C30H38N4O6S/c1-20(19-35)32-41(37,38)24-3-4-25(26(17-24)33-10-8-30(6-7-30)9-11-33)29(36)31-23-15-22-5-13-40-28(22)27(16-23)34-12-14-39-21(2)18-34/h3-5,13,15-17,20-21,32,35H,6-12,14,18-19H2,1-2H3,(H,31,36)/t20-,21-/m1/s1. The van der Waals surface area contributed by atoms with Crippen molar-refractivity contribution in [3.63, 3.8) is 0 Å². The van der Waals surface area contributed by atoms with Crippen molar-refractivity contribution in [3.8, 4) is 0 Å². The number of benzene rings is 2. The molecular weight excluding hydrogens is 544 g/mol. The molecule has 1 saturated carbocycles. The lowest BCUT2D eigenvalue weighted by Gasteiger charge is -2.35. The molecule has 1 aromatic heterocycles. The molecular formula is C30H38N4O6S. The van der Waals surface area contributed by atoms with Crippen molar-refractivity contribution in [2.75, 3.05) is 54.5 Å². The fourth-order valence-corrected chi connectivity index (χ4v) is 7.26. The highest BCUT2D eigenvalue weighted by Crippen LogP contribution is 2.54. The summed E-state index contributed by atoms with van der Waals surface area (Å²) in [6.07, 6.45) is 6.28. The number of fused-ring (bicyclic) bond motifs is 1. The minimum atomic E-state index is -3.88. The maximum Gasteiger partial charge on any atom is 0.257 e. The molecule has 1 aliphatic carbocycles. The van der Waals surface area contributed by atoms with Gasteiger partial charge in [-0.05, 0) is 81.3 Å². The Hall–Kier alpha value is -3.12. The first-order valence-electron chi connectivity index (χ1n) is 14.4. The highest BCUT2D eigenvalue weighted by molar-refractivity contribution is 7.89. The number of carbonyl (C=O) groups is 1. The van der Waals surface area contributed by atoms with Crippen LogP contribution in [0.1, 0.15) is 49.9 Å². The number of rotatable bonds is 8. The van der Waals surface area contributed by atoms with Gasteiger partial charge < -0.3 is 29.4 Å². The van der Waals surface area contributed by atoms with Gasteiger partial charge in [0.2, 0.25) is 10.0 Å². The normalized spacial score (nSPS) is 21.3. The number of hydrogen-bond acceptors (Lipinski definition) is 8. The van der Waals surface area contributed by atoms with Crippen LogP contribution in [-0.2, 0) is 14.8 Å². The largest absolute Gasteiger partial charge is 0.462 e. The molecule has 0 radical (unpaired) electrons. The van der Waals surface area contributed by atoms with Gasteiger partial charge >= 0.3 is 0 Å². The lowest BCUT2D eigenvalue weighted by atomic mass is 9.93. The maximum atomic E-state index is 13.8. The minimum Gasteiger partial charge on any atom is -0.462 e. The Morgan fingerprint density at radius 3 is 2.56 bits per heavy atom. The van der Waals surface area contributed by atoms with Gasteiger partial charge in [0.25, 0.3) is 5.91 Å². The van der Waals surface area contributed by atoms with Crippen LogP contribution in [0.3, 0.4) is 0 Å². The lowest BCUT2D eigenvalue weighted by molar-refractivity contribution is 0.0532. The number of nitrogens with zero attached hydrogens (tertiary/aromatic N) is 2. The molecule has 11 heteroatoms. The average Bonchev–Trinajstić information content (AvgIpc) is 3.53. The summed E-state index contributed by atoms with van der Waals surface area (Å²) >= 11 is 0. The molecule has 3 aliphatic rings. The van der Waals surface area contributed by atoms with Gasteiger partial charge in [0, 0.05) is 43.3 Å². The van der Waals surface area contributed by atoms with Gasteiger partial charge in [-0.1, -0.05) is 0 Å². The summed E-state index contributed by atoms with van der Waals surface area (Å²) in [6, 6.07) is 9.70. The van der Waals surface area contributed by atoms with E-state index in [-0.39, 0.29) is 23.5 Å². The van der Waals surface area contributed by atoms with Crippen LogP contribution in [0, 0.1) is 5.41 Å². The topological polar surface area (TPSA) is 124 Å². The van der Waals surface area contributed by atoms with E-state index in [0.717, 1.165) is 49.1 Å². The minimum absolute atomic E-state index is 0.0691. The van der Waals surface area contributed by atoms with E-state index < -0.39 is 16.1 Å². The Morgan fingerprint density at radius 2 is 1.85 bits per heavy atom. The molecule has 1 amide bonds. The highest BCUT2D eigenvalue weighted by Gasteiger charge is 2.44. The number of aliphatic hydroxyl groups excluding tert-OH is 1. The zero-order valence-corrected chi connectivity index (χ0v) is 24.4. The molecule has 6 rings (SSSR count). The fraction of sp³-hybridized carbons (Fsp3) is 0.500. The second-order valence-corrected chi connectivity index (χ2v) is 13.5. The molecule has 3 heterocycles. The fourth-order valence-electron chi connectivity index (χ4n) is 6.01. The summed E-state index contributed by atoms with van der Waals surface area (Å²) in [4.78, 5) is 18.2. The molecule has 0 unspecified atom stereocenters. The number of morpholine rings is 1. The molecule has 2 saturated heterocycles. The third-order valence-electron chi connectivity index (χ3n) is 8.65. The van der Waals surface area contributed by atoms with Gasteiger partial charge in [-0.2, -0.15) is 0 Å². The first kappa shape index (κ1) is 28.0. The van der Waals surface area contributed by atoms with Crippen molar-refractivity contribution < 1.29 is 27.5 Å². The number of furan rings is 1. The van der Waals surface area contributed by atoms with E-state index in [1.165, 1.54) is 18.9 Å². The zero-order chi connectivity index (χ0) is 28.8. The molecule has 2 aromatic carbocycles. The van der Waals surface area contributed by atoms with E-state index in [2.05, 4.69) is 19.8 Å². The molecule has 0 bridgehead atoms. The van der Waals surface area contributed by atoms with Gasteiger partial charge in [-0.3, -0.25) is 4.79 Å². The third kappa shape index (κ3) is 5.81. The monoisotopic (exact) mass is 582 g/mol. The number of amides is 1. The van der Waals surface area contributed by atoms with E-state index in [1.54, 1.807) is 25.3 Å². The van der Waals surface area contributed by atoms with Gasteiger partial charge in [0.05, 0.1) is 47.4 Å². The number of sulfonamides is 1. The molecule has 220 valence electrons. The predicted octanol–water partition coefficient (Wildman–Crippen LogP) is 3.95. The van der Waals surface area contributed by atoms with Crippen molar-refractivity contribution in [3.05, 3.63) is 48.2 Å². The SMILES string of the molecule is C[C@H](CO)NS(=O)(=O)c1ccc(C(=O)Nc2cc(N3CCO[C@H](C)C3)c3occc3c2)c(N2CCC3(CC2)CC3)c1. The molecule has 3 N–H and O–H groups in total. The third-order valence-corrected chi connectivity index (χ3v) is 10.2. The lowest BCUT2D eigenvalue weighted by Crippen LogP contribution is -2.41. The summed E-state index contributed by atoms with van der Waals surface area (Å²) in [5.74, 6) is -0.309. The van der Waals surface area contributed by atoms with E-state index >= 15 is 0 Å². The number of hydrogen-bond donors (Lipinski definition) is 3. The summed E-state index contributed by atoms with van der Waals surface area (Å²) in [5.41, 5.74) is 3.74. The van der Waals surface area contributed by atoms with Crippen LogP contribution >= 0.6 is 0 Å². The second kappa shape index (κ2) is 10.9. The number of aliphatic hydroxyl groups is 1. The smallest absolute Gasteiger partial charge is 0.257 e. The van der Waals surface area contributed by atoms with Crippen LogP contribution in [0.4, 0.5) is 17.1 Å². The van der Waals surface area contributed by atoms with Crippen LogP contribution in [0.25, 0.3) is 11.0 Å². The number of anilines is 3. The predicted molar refractivity (Wildman–Crippen MR) is 158 cm³/mol. The zero-order valence-electron chi connectivity index (χ0n) is 23.6. The Balaban J connectivity index is 1.32. The van der Waals surface area contributed by atoms with Crippen LogP contribution in [-0.4, -0.2) is 71.0 Å². The Kier molecular flexibility index (Phi) is 7.48. The van der Waals surface area contributed by atoms with Gasteiger partial charge in [0.15, 0.2) is 5.58 Å². The van der Waals surface area contributed by atoms with Crippen molar-refractivity contribution >= 4 is 44.0 Å². The van der Waals surface area contributed by atoms with Crippen LogP contribution < -0.4 is 19.8 Å². The van der Waals surface area contributed by atoms with Crippen molar-refractivity contribution in [2.24, 2.45) is 5.41 Å². The summed E-state index contributed by atoms with van der Waals surface area (Å²) in [6.45, 7) is 6.91. The van der Waals surface area contributed by atoms with Crippen LogP contribution in [0.2, 0.25) is 0 Å². The number of carbonyl (C=O) groups excluding carboxylic acids is 1. The second-order valence-electron chi connectivity index (χ2n) is 11.8. The van der Waals surface area contributed by atoms with Crippen molar-refractivity contribution in [1.82, 2.24) is 4.72 Å². The Morgan fingerprint density at radius 1 is 1.07 bits per heavy atom. The molecule has 41 heavy (non-hydrogen) atoms. The maximum absolute atomic E-state index is 13.8. The van der Waals surface area contributed by atoms with E-state index in [4.69, 9.17) is 9.15 Å². The van der Waals surface area contributed by atoms with E-state index in [9.17, 15) is 18.3 Å². The van der Waals surface area contributed by atoms with E-state index in [1.807, 2.05) is 25.1 Å². The van der Waals surface area contributed by atoms with Gasteiger partial charge in [-0.15, -0.1) is 0 Å².